The summed E-state index contributed by atoms with van der Waals surface area (Å²) in [6, 6.07) is 8.80. The van der Waals surface area contributed by atoms with E-state index in [1.807, 2.05) is 0 Å². The van der Waals surface area contributed by atoms with Gasteiger partial charge in [0.05, 0.1) is 31.1 Å². The zero-order valence-electron chi connectivity index (χ0n) is 20.9. The molecule has 35 heavy (non-hydrogen) atoms. The van der Waals surface area contributed by atoms with Gasteiger partial charge in [0.2, 0.25) is 10.0 Å². The molecule has 0 atom stereocenters. The average molecular weight is 501 g/mol. The molecule has 1 aromatic rings. The van der Waals surface area contributed by atoms with Crippen LogP contribution in [0.5, 0.6) is 5.75 Å². The highest BCUT2D eigenvalue weighted by atomic mass is 32.2. The largest absolute Gasteiger partial charge is 0.494 e. The number of unbranched alkanes of at least 4 members (excludes halogenated alkanes) is 2. The molecule has 0 aromatic heterocycles. The Morgan fingerprint density at radius 2 is 1.69 bits per heavy atom. The molecule has 2 N–H and O–H groups in total. The number of rotatable bonds is 15. The monoisotopic (exact) mass is 500 g/mol. The summed E-state index contributed by atoms with van der Waals surface area (Å²) in [5, 5.41) is 3.39. The third kappa shape index (κ3) is 7.32. The highest BCUT2D eigenvalue weighted by Crippen LogP contribution is 2.43. The molecule has 7 nitrogen and oxygen atoms in total. The number of ether oxygens (including phenoxy) is 1. The molecule has 2 aliphatic rings. The van der Waals surface area contributed by atoms with E-state index in [-0.39, 0.29) is 5.78 Å². The maximum Gasteiger partial charge on any atom is 0.229 e. The number of ketones is 1. The van der Waals surface area contributed by atoms with Crippen molar-refractivity contribution >= 4 is 21.5 Å². The molecule has 3 rings (SSSR count). The highest BCUT2D eigenvalue weighted by molar-refractivity contribution is 7.92. The third-order valence-electron chi connectivity index (χ3n) is 5.82. The normalized spacial score (nSPS) is 11.6. The van der Waals surface area contributed by atoms with Gasteiger partial charge >= 0.3 is 0 Å². The van der Waals surface area contributed by atoms with Crippen LogP contribution in [0.25, 0.3) is 11.1 Å². The number of anilines is 1. The van der Waals surface area contributed by atoms with Gasteiger partial charge in [-0.1, -0.05) is 26.7 Å². The SMILES string of the molecule is CCCCNCCCOc1ccc(C(=O)c2c3coccc-3c(NS(C)(=O)=O)c2CCCC)cc1. The van der Waals surface area contributed by atoms with Crippen LogP contribution in [0.1, 0.15) is 67.4 Å². The molecule has 0 fully saturated rings. The summed E-state index contributed by atoms with van der Waals surface area (Å²) >= 11 is 0. The van der Waals surface area contributed by atoms with E-state index in [0.717, 1.165) is 38.6 Å². The van der Waals surface area contributed by atoms with E-state index >= 15 is 0 Å². The van der Waals surface area contributed by atoms with Crippen LogP contribution in [0.2, 0.25) is 0 Å². The predicted molar refractivity (Wildman–Crippen MR) is 140 cm³/mol. The van der Waals surface area contributed by atoms with Crippen molar-refractivity contribution in [1.29, 1.82) is 0 Å². The van der Waals surface area contributed by atoms with E-state index in [1.165, 1.54) is 25.4 Å². The second-order valence-electron chi connectivity index (χ2n) is 8.75. The number of benzene rings is 1. The lowest BCUT2D eigenvalue weighted by molar-refractivity contribution is 0.103. The van der Waals surface area contributed by atoms with Crippen molar-refractivity contribution in [3.05, 3.63) is 59.5 Å². The maximum absolute atomic E-state index is 13.7. The van der Waals surface area contributed by atoms with Crippen LogP contribution in [0.3, 0.4) is 0 Å². The maximum atomic E-state index is 13.7. The number of nitrogens with one attached hydrogen (secondary N) is 2. The number of hydrogen-bond acceptors (Lipinski definition) is 6. The minimum Gasteiger partial charge on any atom is -0.494 e. The van der Waals surface area contributed by atoms with Gasteiger partial charge < -0.3 is 14.5 Å². The van der Waals surface area contributed by atoms with Crippen LogP contribution in [0.15, 0.2) is 47.3 Å². The van der Waals surface area contributed by atoms with Gasteiger partial charge in [-0.05, 0) is 74.7 Å². The summed E-state index contributed by atoms with van der Waals surface area (Å²) < 4.78 is 38.0. The Kier molecular flexibility index (Phi) is 9.74. The van der Waals surface area contributed by atoms with Gasteiger partial charge in [-0.15, -0.1) is 0 Å². The Labute approximate surface area is 208 Å². The highest BCUT2D eigenvalue weighted by Gasteiger charge is 2.29. The average Bonchev–Trinajstić information content (AvgIpc) is 3.13. The summed E-state index contributed by atoms with van der Waals surface area (Å²) in [6.45, 7) is 6.77. The summed E-state index contributed by atoms with van der Waals surface area (Å²) in [7, 11) is -3.53. The van der Waals surface area contributed by atoms with E-state index < -0.39 is 10.0 Å². The van der Waals surface area contributed by atoms with Crippen LogP contribution in [0.4, 0.5) is 5.69 Å². The van der Waals surface area contributed by atoms with Gasteiger partial charge in [-0.3, -0.25) is 9.52 Å². The van der Waals surface area contributed by atoms with E-state index in [1.54, 1.807) is 30.3 Å². The molecule has 1 aliphatic heterocycles. The van der Waals surface area contributed by atoms with Gasteiger partial charge in [0, 0.05) is 22.3 Å². The number of carbonyl (C=O) groups excluding carboxylic acids is 1. The van der Waals surface area contributed by atoms with Crippen molar-refractivity contribution in [1.82, 2.24) is 5.32 Å². The topological polar surface area (TPSA) is 97.6 Å². The molecule has 0 amide bonds. The fourth-order valence-corrected chi connectivity index (χ4v) is 4.66. The zero-order valence-corrected chi connectivity index (χ0v) is 21.7. The Morgan fingerprint density at radius 3 is 2.37 bits per heavy atom. The first kappa shape index (κ1) is 26.8. The number of carbonyl (C=O) groups is 1. The minimum absolute atomic E-state index is 0.171. The van der Waals surface area contributed by atoms with Crippen LogP contribution in [-0.2, 0) is 16.4 Å². The zero-order chi connectivity index (χ0) is 25.3. The van der Waals surface area contributed by atoms with Crippen LogP contribution in [-0.4, -0.2) is 40.2 Å². The Bertz CT molecular complexity index is 1170. The lowest BCUT2D eigenvalue weighted by Gasteiger charge is -2.10. The molecule has 0 saturated carbocycles. The van der Waals surface area contributed by atoms with Gasteiger partial charge in [0.1, 0.15) is 5.75 Å². The molecule has 8 heteroatoms. The van der Waals surface area contributed by atoms with Crippen LogP contribution in [0, 0.1) is 0 Å². The van der Waals surface area contributed by atoms with Crippen molar-refractivity contribution in [2.45, 2.75) is 52.4 Å². The van der Waals surface area contributed by atoms with Crippen LogP contribution < -0.4 is 14.8 Å². The van der Waals surface area contributed by atoms with Crippen LogP contribution >= 0.6 is 0 Å². The van der Waals surface area contributed by atoms with E-state index in [4.69, 9.17) is 9.15 Å². The van der Waals surface area contributed by atoms with E-state index in [2.05, 4.69) is 23.9 Å². The van der Waals surface area contributed by atoms with Gasteiger partial charge in [-0.2, -0.15) is 0 Å². The molecule has 0 bridgehead atoms. The standard InChI is InChI=1S/C27H36N2O5S/c1-4-6-9-23-25(24-19-33-18-14-22(24)26(23)29-35(3,31)32)27(30)20-10-12-21(13-11-20)34-17-8-16-28-15-7-5-2/h10-14,18-19,28-29H,4-9,15-17H2,1-3H3. The van der Waals surface area contributed by atoms with E-state index in [0.29, 0.717) is 52.3 Å². The smallest absolute Gasteiger partial charge is 0.229 e. The molecular weight excluding hydrogens is 464 g/mol. The minimum atomic E-state index is -3.53. The quantitative estimate of drug-likeness (QED) is 0.212. The number of fused-ring (bicyclic) bond motifs is 1. The fraction of sp³-hybridized carbons (Fsp3) is 0.444. The second-order valence-corrected chi connectivity index (χ2v) is 10.5. The van der Waals surface area contributed by atoms with E-state index in [9.17, 15) is 13.2 Å². The predicted octanol–water partition coefficient (Wildman–Crippen LogP) is 5.49. The Hall–Kier alpha value is -2.84. The Balaban J connectivity index is 1.81. The Morgan fingerprint density at radius 1 is 0.971 bits per heavy atom. The van der Waals surface area contributed by atoms with Crippen molar-refractivity contribution < 1.29 is 22.4 Å². The molecule has 1 aliphatic carbocycles. The molecule has 1 aromatic carbocycles. The first-order valence-corrected chi connectivity index (χ1v) is 14.2. The lowest BCUT2D eigenvalue weighted by atomic mass is 9.96. The second kappa shape index (κ2) is 12.7. The summed E-state index contributed by atoms with van der Waals surface area (Å²) in [4.78, 5) is 13.7. The van der Waals surface area contributed by atoms with Crippen molar-refractivity contribution in [3.8, 4) is 16.9 Å². The molecular formula is C27H36N2O5S. The molecule has 0 unspecified atom stereocenters. The number of hydrogen-bond donors (Lipinski definition) is 2. The number of sulfonamides is 1. The van der Waals surface area contributed by atoms with Crippen molar-refractivity contribution in [2.75, 3.05) is 30.7 Å². The molecule has 0 saturated heterocycles. The lowest BCUT2D eigenvalue weighted by Crippen LogP contribution is -2.18. The van der Waals surface area contributed by atoms with Crippen molar-refractivity contribution in [2.24, 2.45) is 0 Å². The molecule has 0 radical (unpaired) electrons. The summed E-state index contributed by atoms with van der Waals surface area (Å²) in [5.74, 6) is 0.541. The van der Waals surface area contributed by atoms with Gasteiger partial charge in [0.25, 0.3) is 0 Å². The molecule has 1 heterocycles. The van der Waals surface area contributed by atoms with Crippen molar-refractivity contribution in [3.63, 3.8) is 0 Å². The van der Waals surface area contributed by atoms with Gasteiger partial charge in [-0.25, -0.2) is 8.42 Å². The first-order valence-electron chi connectivity index (χ1n) is 12.3. The molecule has 0 spiro atoms. The first-order chi connectivity index (χ1) is 16.9. The summed E-state index contributed by atoms with van der Waals surface area (Å²) in [6.07, 6.45) is 9.70. The van der Waals surface area contributed by atoms with Gasteiger partial charge in [0.15, 0.2) is 5.78 Å². The molecule has 190 valence electrons. The third-order valence-corrected chi connectivity index (χ3v) is 6.39. The fourth-order valence-electron chi connectivity index (χ4n) is 4.06. The summed E-state index contributed by atoms with van der Waals surface area (Å²) in [5.41, 5.74) is 3.42.